The number of hydrogen-bond donors (Lipinski definition) is 0. The molecule has 0 N–H and O–H groups in total. The van der Waals surface area contributed by atoms with Crippen molar-refractivity contribution in [1.29, 1.82) is 0 Å². The molecule has 0 radical (unpaired) electrons. The Balaban J connectivity index is 1.87. The summed E-state index contributed by atoms with van der Waals surface area (Å²) in [5.41, 5.74) is 0.673. The molecule has 2 unspecified atom stereocenters. The first-order valence-corrected chi connectivity index (χ1v) is 7.21. The summed E-state index contributed by atoms with van der Waals surface area (Å²) in [6, 6.07) is 4.46. The molecule has 0 aromatic heterocycles. The normalized spacial score (nSPS) is 21.3. The maximum atomic E-state index is 13.8. The fourth-order valence-electron chi connectivity index (χ4n) is 2.49. The van der Waals surface area contributed by atoms with Gasteiger partial charge in [-0.15, -0.1) is 0 Å². The average Bonchev–Trinajstić information content (AvgIpc) is 2.48. The fourth-order valence-corrected chi connectivity index (χ4v) is 2.49. The lowest BCUT2D eigenvalue weighted by Gasteiger charge is -2.24. The Bertz CT molecular complexity index is 525. The molecule has 0 saturated heterocycles. The van der Waals surface area contributed by atoms with Crippen LogP contribution in [0.4, 0.5) is 4.39 Å². The zero-order valence-electron chi connectivity index (χ0n) is 12.5. The number of carbonyl (C=O) groups excluding carboxylic acids is 1. The number of hydrogen-bond acceptors (Lipinski definition) is 3. The molecule has 0 amide bonds. The summed E-state index contributed by atoms with van der Waals surface area (Å²) in [7, 11) is 1.23. The van der Waals surface area contributed by atoms with E-state index >= 15 is 0 Å². The minimum atomic E-state index is -0.664. The van der Waals surface area contributed by atoms with E-state index in [9.17, 15) is 9.18 Å². The molecule has 3 nitrogen and oxygen atoms in total. The molecule has 1 aliphatic rings. The van der Waals surface area contributed by atoms with Crippen LogP contribution < -0.4 is 0 Å². The third kappa shape index (κ3) is 4.14. The number of methoxy groups -OCH3 is 1. The van der Waals surface area contributed by atoms with Crippen LogP contribution in [0.3, 0.4) is 0 Å². The van der Waals surface area contributed by atoms with Crippen molar-refractivity contribution in [3.05, 3.63) is 47.3 Å². The molecule has 0 aliphatic heterocycles. The summed E-state index contributed by atoms with van der Waals surface area (Å²) in [5.74, 6) is -0.0951. The quantitative estimate of drug-likeness (QED) is 0.613. The summed E-state index contributed by atoms with van der Waals surface area (Å²) in [6.07, 6.45) is 6.54. The van der Waals surface area contributed by atoms with Gasteiger partial charge in [-0.2, -0.15) is 0 Å². The molecule has 2 atom stereocenters. The lowest BCUT2D eigenvalue weighted by atomic mass is 9.85. The van der Waals surface area contributed by atoms with Gasteiger partial charge in [-0.25, -0.2) is 9.18 Å². The fraction of sp³-hybridized carbons (Fsp3) is 0.471. The van der Waals surface area contributed by atoms with Crippen molar-refractivity contribution in [2.75, 3.05) is 13.7 Å². The van der Waals surface area contributed by atoms with Crippen molar-refractivity contribution in [3.63, 3.8) is 0 Å². The third-order valence-electron chi connectivity index (χ3n) is 3.96. The highest BCUT2D eigenvalue weighted by Crippen LogP contribution is 2.25. The van der Waals surface area contributed by atoms with Crippen molar-refractivity contribution in [1.82, 2.24) is 0 Å². The van der Waals surface area contributed by atoms with E-state index in [1.54, 1.807) is 6.07 Å². The van der Waals surface area contributed by atoms with Gasteiger partial charge in [0, 0.05) is 0 Å². The second kappa shape index (κ2) is 7.36. The van der Waals surface area contributed by atoms with E-state index in [0.29, 0.717) is 25.0 Å². The summed E-state index contributed by atoms with van der Waals surface area (Å²) in [5, 5.41) is 0. The number of halogens is 1. The number of benzene rings is 1. The third-order valence-corrected chi connectivity index (χ3v) is 3.96. The Kier molecular flexibility index (Phi) is 5.51. The van der Waals surface area contributed by atoms with Crippen LogP contribution in [-0.4, -0.2) is 19.7 Å². The van der Waals surface area contributed by atoms with Gasteiger partial charge in [0.1, 0.15) is 5.82 Å². The molecule has 21 heavy (non-hydrogen) atoms. The SMILES string of the molecule is COC(=O)c1ccc(COCC2CC=CCC2C)cc1F. The number of rotatable bonds is 5. The minimum Gasteiger partial charge on any atom is -0.465 e. The van der Waals surface area contributed by atoms with Gasteiger partial charge in [0.25, 0.3) is 0 Å². The van der Waals surface area contributed by atoms with Crippen LogP contribution >= 0.6 is 0 Å². The summed E-state index contributed by atoms with van der Waals surface area (Å²) in [6.45, 7) is 3.25. The van der Waals surface area contributed by atoms with Crippen LogP contribution in [0.2, 0.25) is 0 Å². The lowest BCUT2D eigenvalue weighted by molar-refractivity contribution is 0.0593. The second-order valence-corrected chi connectivity index (χ2v) is 5.50. The molecule has 0 saturated carbocycles. The van der Waals surface area contributed by atoms with E-state index in [1.165, 1.54) is 19.2 Å². The first-order chi connectivity index (χ1) is 10.1. The van der Waals surface area contributed by atoms with Crippen LogP contribution in [0.1, 0.15) is 35.7 Å². The van der Waals surface area contributed by atoms with E-state index in [4.69, 9.17) is 4.74 Å². The van der Waals surface area contributed by atoms with Crippen molar-refractivity contribution in [2.24, 2.45) is 11.8 Å². The molecule has 0 fully saturated rings. The monoisotopic (exact) mass is 292 g/mol. The van der Waals surface area contributed by atoms with Gasteiger partial charge in [-0.3, -0.25) is 0 Å². The van der Waals surface area contributed by atoms with Gasteiger partial charge in [0.2, 0.25) is 0 Å². The summed E-state index contributed by atoms with van der Waals surface area (Å²) >= 11 is 0. The predicted octanol–water partition coefficient (Wildman–Crippen LogP) is 3.73. The number of allylic oxidation sites excluding steroid dienone is 2. The van der Waals surface area contributed by atoms with E-state index in [-0.39, 0.29) is 5.56 Å². The Morgan fingerprint density at radius 2 is 2.10 bits per heavy atom. The molecular formula is C17H21FO3. The predicted molar refractivity (Wildman–Crippen MR) is 78.4 cm³/mol. The molecule has 2 rings (SSSR count). The molecule has 0 heterocycles. The van der Waals surface area contributed by atoms with Gasteiger partial charge in [0.15, 0.2) is 0 Å². The number of esters is 1. The zero-order chi connectivity index (χ0) is 15.2. The Hall–Kier alpha value is -1.68. The standard InChI is InChI=1S/C17H21FO3/c1-12-5-3-4-6-14(12)11-21-10-13-7-8-15(16(18)9-13)17(19)20-2/h3-4,7-9,12,14H,5-6,10-11H2,1-2H3. The van der Waals surface area contributed by atoms with Gasteiger partial charge in [0.05, 0.1) is 25.9 Å². The van der Waals surface area contributed by atoms with Crippen molar-refractivity contribution in [2.45, 2.75) is 26.4 Å². The Morgan fingerprint density at radius 1 is 1.33 bits per heavy atom. The molecule has 1 aromatic rings. The number of ether oxygens (including phenoxy) is 2. The maximum absolute atomic E-state index is 13.8. The number of carbonyl (C=O) groups is 1. The highest BCUT2D eigenvalue weighted by atomic mass is 19.1. The summed E-state index contributed by atoms with van der Waals surface area (Å²) < 4.78 is 24.0. The lowest BCUT2D eigenvalue weighted by Crippen LogP contribution is -2.19. The van der Waals surface area contributed by atoms with Gasteiger partial charge in [-0.1, -0.05) is 25.1 Å². The van der Waals surface area contributed by atoms with Gasteiger partial charge >= 0.3 is 5.97 Å². The van der Waals surface area contributed by atoms with Crippen LogP contribution in [-0.2, 0) is 16.1 Å². The van der Waals surface area contributed by atoms with E-state index in [0.717, 1.165) is 18.4 Å². The molecule has 114 valence electrons. The van der Waals surface area contributed by atoms with Crippen molar-refractivity contribution < 1.29 is 18.7 Å². The first kappa shape index (κ1) is 15.7. The summed E-state index contributed by atoms with van der Waals surface area (Å²) in [4.78, 5) is 11.3. The van der Waals surface area contributed by atoms with Gasteiger partial charge in [-0.05, 0) is 42.4 Å². The van der Waals surface area contributed by atoms with Crippen LogP contribution in [0, 0.1) is 17.7 Å². The first-order valence-electron chi connectivity index (χ1n) is 7.21. The molecule has 4 heteroatoms. The second-order valence-electron chi connectivity index (χ2n) is 5.50. The van der Waals surface area contributed by atoms with E-state index in [1.807, 2.05) is 0 Å². The minimum absolute atomic E-state index is 0.0488. The van der Waals surface area contributed by atoms with Crippen LogP contribution in [0.5, 0.6) is 0 Å². The van der Waals surface area contributed by atoms with Crippen LogP contribution in [0.25, 0.3) is 0 Å². The molecule has 0 spiro atoms. The van der Waals surface area contributed by atoms with E-state index < -0.39 is 11.8 Å². The van der Waals surface area contributed by atoms with E-state index in [2.05, 4.69) is 23.8 Å². The highest BCUT2D eigenvalue weighted by molar-refractivity contribution is 5.89. The molecule has 0 bridgehead atoms. The molecule has 1 aromatic carbocycles. The van der Waals surface area contributed by atoms with Gasteiger partial charge < -0.3 is 9.47 Å². The maximum Gasteiger partial charge on any atom is 0.340 e. The zero-order valence-corrected chi connectivity index (χ0v) is 12.5. The average molecular weight is 292 g/mol. The topological polar surface area (TPSA) is 35.5 Å². The smallest absolute Gasteiger partial charge is 0.340 e. The molecule has 1 aliphatic carbocycles. The molecular weight excluding hydrogens is 271 g/mol. The van der Waals surface area contributed by atoms with Crippen molar-refractivity contribution in [3.8, 4) is 0 Å². The highest BCUT2D eigenvalue weighted by Gasteiger charge is 2.18. The largest absolute Gasteiger partial charge is 0.465 e. The Morgan fingerprint density at radius 3 is 2.76 bits per heavy atom. The van der Waals surface area contributed by atoms with Crippen molar-refractivity contribution >= 4 is 5.97 Å². The Labute approximate surface area is 124 Å². The van der Waals surface area contributed by atoms with Crippen LogP contribution in [0.15, 0.2) is 30.4 Å².